The van der Waals surface area contributed by atoms with Crippen LogP contribution < -0.4 is 4.90 Å². The van der Waals surface area contributed by atoms with Crippen LogP contribution in [0.3, 0.4) is 0 Å². The highest BCUT2D eigenvalue weighted by atomic mass is 16.5. The molecule has 2 aliphatic rings. The van der Waals surface area contributed by atoms with Crippen LogP contribution in [-0.2, 0) is 16.1 Å². The van der Waals surface area contributed by atoms with Crippen LogP contribution >= 0.6 is 0 Å². The van der Waals surface area contributed by atoms with Crippen molar-refractivity contribution in [3.05, 3.63) is 101 Å². The second kappa shape index (κ2) is 10.1. The number of hydrogen-bond donors (Lipinski definition) is 0. The zero-order valence-electron chi connectivity index (χ0n) is 18.8. The minimum Gasteiger partial charge on any atom is -0.378 e. The number of pyridine rings is 1. The zero-order chi connectivity index (χ0) is 22.5. The molecule has 0 saturated carbocycles. The number of likely N-dealkylation sites (tertiary alicyclic amines) is 1. The minimum atomic E-state index is -0.169. The van der Waals surface area contributed by atoms with Crippen LogP contribution in [0.5, 0.6) is 0 Å². The molecule has 0 amide bonds. The molecular weight excluding hydrogens is 410 g/mol. The van der Waals surface area contributed by atoms with Gasteiger partial charge in [-0.3, -0.25) is 9.69 Å². The predicted octanol–water partition coefficient (Wildman–Crippen LogP) is 4.17. The Balaban J connectivity index is 1.44. The summed E-state index contributed by atoms with van der Waals surface area (Å²) < 4.78 is 5.47. The topological polar surface area (TPSA) is 45.7 Å². The zero-order valence-corrected chi connectivity index (χ0v) is 18.8. The molecule has 0 bridgehead atoms. The fourth-order valence-electron chi connectivity index (χ4n) is 4.64. The molecule has 1 atom stereocenters. The lowest BCUT2D eigenvalue weighted by atomic mass is 9.86. The summed E-state index contributed by atoms with van der Waals surface area (Å²) in [4.78, 5) is 23.0. The second-order valence-corrected chi connectivity index (χ2v) is 8.67. The van der Waals surface area contributed by atoms with E-state index < -0.39 is 0 Å². The Morgan fingerprint density at radius 3 is 2.39 bits per heavy atom. The average Bonchev–Trinajstić information content (AvgIpc) is 2.88. The maximum atomic E-state index is 13.6. The summed E-state index contributed by atoms with van der Waals surface area (Å²) in [7, 11) is 0. The van der Waals surface area contributed by atoms with Gasteiger partial charge in [-0.1, -0.05) is 66.7 Å². The first-order valence-electron chi connectivity index (χ1n) is 11.6. The quantitative estimate of drug-likeness (QED) is 0.559. The SMILES string of the molecule is O=C1/C(=C\c2cccc(N3CCOCC3)n2)CN(Cc2ccccc2)CC1c1ccccc1. The Morgan fingerprint density at radius 2 is 1.64 bits per heavy atom. The van der Waals surface area contributed by atoms with Crippen molar-refractivity contribution in [2.75, 3.05) is 44.3 Å². The molecule has 1 unspecified atom stereocenters. The van der Waals surface area contributed by atoms with Gasteiger partial charge in [0.2, 0.25) is 0 Å². The Morgan fingerprint density at radius 1 is 0.909 bits per heavy atom. The predicted molar refractivity (Wildman–Crippen MR) is 131 cm³/mol. The molecule has 3 aromatic rings. The minimum absolute atomic E-state index is 0.169. The van der Waals surface area contributed by atoms with E-state index in [2.05, 4.69) is 46.2 Å². The maximum Gasteiger partial charge on any atom is 0.168 e. The van der Waals surface area contributed by atoms with Crippen molar-refractivity contribution in [3.63, 3.8) is 0 Å². The van der Waals surface area contributed by atoms with Gasteiger partial charge >= 0.3 is 0 Å². The van der Waals surface area contributed by atoms with Crippen molar-refractivity contribution in [3.8, 4) is 0 Å². The van der Waals surface area contributed by atoms with Crippen LogP contribution in [0, 0.1) is 0 Å². The summed E-state index contributed by atoms with van der Waals surface area (Å²) in [6.45, 7) is 5.28. The number of piperidine rings is 1. The fourth-order valence-corrected chi connectivity index (χ4v) is 4.64. The highest BCUT2D eigenvalue weighted by Gasteiger charge is 2.32. The average molecular weight is 440 g/mol. The monoisotopic (exact) mass is 439 g/mol. The van der Waals surface area contributed by atoms with E-state index in [-0.39, 0.29) is 11.7 Å². The van der Waals surface area contributed by atoms with Gasteiger partial charge in [-0.25, -0.2) is 4.98 Å². The summed E-state index contributed by atoms with van der Waals surface area (Å²) >= 11 is 0. The van der Waals surface area contributed by atoms with Crippen molar-refractivity contribution in [1.29, 1.82) is 0 Å². The van der Waals surface area contributed by atoms with Gasteiger partial charge in [0, 0.05) is 38.3 Å². The molecule has 5 rings (SSSR count). The van der Waals surface area contributed by atoms with Crippen molar-refractivity contribution >= 4 is 17.7 Å². The van der Waals surface area contributed by atoms with Gasteiger partial charge in [-0.15, -0.1) is 0 Å². The molecule has 5 heteroatoms. The van der Waals surface area contributed by atoms with Crippen LogP contribution in [0.4, 0.5) is 5.82 Å². The summed E-state index contributed by atoms with van der Waals surface area (Å²) in [5.74, 6) is 0.970. The highest BCUT2D eigenvalue weighted by molar-refractivity contribution is 6.05. The molecule has 168 valence electrons. The molecule has 2 saturated heterocycles. The number of aromatic nitrogens is 1. The molecule has 5 nitrogen and oxygen atoms in total. The number of carbonyl (C=O) groups is 1. The van der Waals surface area contributed by atoms with E-state index in [1.165, 1.54) is 5.56 Å². The number of Topliss-reactive ketones (excluding diaryl/α,β-unsaturated/α-hetero) is 1. The van der Waals surface area contributed by atoms with Gasteiger partial charge in [0.05, 0.1) is 24.8 Å². The largest absolute Gasteiger partial charge is 0.378 e. The molecular formula is C28H29N3O2. The van der Waals surface area contributed by atoms with Crippen LogP contribution in [-0.4, -0.2) is 55.1 Å². The number of nitrogens with zero attached hydrogens (tertiary/aromatic N) is 3. The third kappa shape index (κ3) is 5.21. The number of ether oxygens (including phenoxy) is 1. The van der Waals surface area contributed by atoms with Crippen molar-refractivity contribution in [2.24, 2.45) is 0 Å². The van der Waals surface area contributed by atoms with E-state index in [1.807, 2.05) is 48.5 Å². The van der Waals surface area contributed by atoms with E-state index in [9.17, 15) is 4.79 Å². The van der Waals surface area contributed by atoms with E-state index >= 15 is 0 Å². The Hall–Kier alpha value is -3.28. The van der Waals surface area contributed by atoms with Gasteiger partial charge in [-0.2, -0.15) is 0 Å². The third-order valence-electron chi connectivity index (χ3n) is 6.33. The second-order valence-electron chi connectivity index (χ2n) is 8.67. The summed E-state index contributed by atoms with van der Waals surface area (Å²) in [5, 5.41) is 0. The van der Waals surface area contributed by atoms with E-state index in [0.717, 1.165) is 62.0 Å². The molecule has 3 heterocycles. The molecule has 2 aliphatic heterocycles. The van der Waals surface area contributed by atoms with Gasteiger partial charge < -0.3 is 9.64 Å². The molecule has 2 fully saturated rings. The van der Waals surface area contributed by atoms with Gasteiger partial charge in [0.1, 0.15) is 5.82 Å². The number of hydrogen-bond acceptors (Lipinski definition) is 5. The van der Waals surface area contributed by atoms with Crippen LogP contribution in [0.1, 0.15) is 22.7 Å². The molecule has 33 heavy (non-hydrogen) atoms. The number of benzene rings is 2. The third-order valence-corrected chi connectivity index (χ3v) is 6.33. The number of rotatable bonds is 5. The van der Waals surface area contributed by atoms with Crippen LogP contribution in [0.15, 0.2) is 84.4 Å². The molecule has 0 aliphatic carbocycles. The molecule has 0 N–H and O–H groups in total. The molecule has 1 aromatic heterocycles. The first kappa shape index (κ1) is 21.6. The lowest BCUT2D eigenvalue weighted by Crippen LogP contribution is -2.40. The normalized spacial score (nSPS) is 20.8. The van der Waals surface area contributed by atoms with E-state index in [0.29, 0.717) is 6.54 Å². The number of carbonyl (C=O) groups excluding carboxylic acids is 1. The molecule has 0 radical (unpaired) electrons. The van der Waals surface area contributed by atoms with Crippen molar-refractivity contribution < 1.29 is 9.53 Å². The summed E-state index contributed by atoms with van der Waals surface area (Å²) in [6, 6.07) is 26.6. The van der Waals surface area contributed by atoms with Crippen molar-refractivity contribution in [2.45, 2.75) is 12.5 Å². The van der Waals surface area contributed by atoms with Crippen molar-refractivity contribution in [1.82, 2.24) is 9.88 Å². The number of anilines is 1. The fraction of sp³-hybridized carbons (Fsp3) is 0.286. The first-order chi connectivity index (χ1) is 16.3. The summed E-state index contributed by atoms with van der Waals surface area (Å²) in [6.07, 6.45) is 1.99. The van der Waals surface area contributed by atoms with Gasteiger partial charge in [-0.05, 0) is 29.3 Å². The highest BCUT2D eigenvalue weighted by Crippen LogP contribution is 2.29. The lowest BCUT2D eigenvalue weighted by molar-refractivity contribution is -0.119. The lowest BCUT2D eigenvalue weighted by Gasteiger charge is -2.34. The van der Waals surface area contributed by atoms with Gasteiger partial charge in [0.25, 0.3) is 0 Å². The summed E-state index contributed by atoms with van der Waals surface area (Å²) in [5.41, 5.74) is 3.97. The number of ketones is 1. The smallest absolute Gasteiger partial charge is 0.168 e. The Bertz CT molecular complexity index is 1110. The Labute approximate surface area is 195 Å². The molecule has 2 aromatic carbocycles. The first-order valence-corrected chi connectivity index (χ1v) is 11.6. The molecule has 0 spiro atoms. The van der Waals surface area contributed by atoms with E-state index in [1.54, 1.807) is 0 Å². The number of morpholine rings is 1. The standard InChI is InChI=1S/C28H29N3O2/c32-28-24(18-25-12-7-13-27(29-25)31-14-16-33-17-15-31)20-30(19-22-8-3-1-4-9-22)21-26(28)23-10-5-2-6-11-23/h1-13,18,26H,14-17,19-21H2/b24-18-. The maximum absolute atomic E-state index is 13.6. The van der Waals surface area contributed by atoms with Crippen LogP contribution in [0.2, 0.25) is 0 Å². The van der Waals surface area contributed by atoms with Gasteiger partial charge in [0.15, 0.2) is 5.78 Å². The van der Waals surface area contributed by atoms with Crippen LogP contribution in [0.25, 0.3) is 6.08 Å². The van der Waals surface area contributed by atoms with E-state index in [4.69, 9.17) is 9.72 Å². The Kier molecular flexibility index (Phi) is 6.61.